The van der Waals surface area contributed by atoms with Crippen LogP contribution in [0.25, 0.3) is 0 Å². The Labute approximate surface area is 106 Å². The number of allylic oxidation sites excluding steroid dienone is 1. The first-order chi connectivity index (χ1) is 7.63. The molecule has 0 atom stereocenters. The van der Waals surface area contributed by atoms with E-state index < -0.39 is 0 Å². The van der Waals surface area contributed by atoms with Crippen molar-refractivity contribution in [1.82, 2.24) is 5.32 Å². The molecule has 2 fully saturated rings. The molecule has 1 saturated heterocycles. The van der Waals surface area contributed by atoms with E-state index in [1.165, 1.54) is 0 Å². The van der Waals surface area contributed by atoms with E-state index in [1.54, 1.807) is 0 Å². The average molecular weight is 237 g/mol. The number of carbonyl (C=O) groups is 2. The monoisotopic (exact) mass is 237 g/mol. The Bertz CT molecular complexity index is 261. The molecule has 0 unspecified atom stereocenters. The Morgan fingerprint density at radius 3 is 1.75 bits per heavy atom. The third-order valence-electron chi connectivity index (χ3n) is 2.74. The van der Waals surface area contributed by atoms with Crippen LogP contribution in [0.5, 0.6) is 0 Å². The van der Waals surface area contributed by atoms with Crippen molar-refractivity contribution in [2.75, 3.05) is 13.1 Å². The highest BCUT2D eigenvalue weighted by atomic mass is 27.0. The quantitative estimate of drug-likeness (QED) is 0.392. The Morgan fingerprint density at radius 1 is 1.12 bits per heavy atom. The van der Waals surface area contributed by atoms with Gasteiger partial charge in [0.05, 0.1) is 5.57 Å². The molecule has 4 heteroatoms. The maximum atomic E-state index is 11.3. The molecule has 0 amide bonds. The standard InChI is InChI=1S/C9H11NO2.C2H6.CH3.Al/c1-6-7(11)2-9(3-8(6)12)4-10-5-9;1-2;;/h10H,1-5H2;1-2H3;1H3;. The highest BCUT2D eigenvalue weighted by molar-refractivity contribution is 6.21. The minimum Gasteiger partial charge on any atom is -0.315 e. The van der Waals surface area contributed by atoms with Crippen LogP contribution in [0.4, 0.5) is 0 Å². The summed E-state index contributed by atoms with van der Waals surface area (Å²) in [5.74, 6) is 1.79. The first-order valence-corrected chi connectivity index (χ1v) is 6.82. The van der Waals surface area contributed by atoms with E-state index in [0.29, 0.717) is 12.8 Å². The van der Waals surface area contributed by atoms with E-state index in [4.69, 9.17) is 0 Å². The van der Waals surface area contributed by atoms with Crippen molar-refractivity contribution in [2.45, 2.75) is 32.5 Å². The molecule has 1 heterocycles. The predicted molar refractivity (Wildman–Crippen MR) is 66.7 cm³/mol. The van der Waals surface area contributed by atoms with E-state index in [2.05, 4.69) is 28.2 Å². The minimum atomic E-state index is -0.0623. The number of nitrogens with one attached hydrogen (secondary N) is 1. The van der Waals surface area contributed by atoms with Gasteiger partial charge in [0, 0.05) is 31.3 Å². The van der Waals surface area contributed by atoms with Crippen LogP contribution in [0.15, 0.2) is 12.2 Å². The molecule has 3 nitrogen and oxygen atoms in total. The fourth-order valence-electron chi connectivity index (χ4n) is 1.84. The van der Waals surface area contributed by atoms with Gasteiger partial charge in [-0.25, -0.2) is 0 Å². The van der Waals surface area contributed by atoms with Gasteiger partial charge < -0.3 is 5.32 Å². The molecule has 1 N–H and O–H groups in total. The van der Waals surface area contributed by atoms with E-state index in [9.17, 15) is 9.59 Å². The summed E-state index contributed by atoms with van der Waals surface area (Å²) in [5, 5.41) is 3.09. The Balaban J connectivity index is 0.000000509. The molecule has 88 valence electrons. The van der Waals surface area contributed by atoms with Gasteiger partial charge >= 0.3 is 0 Å². The molecule has 2 aliphatic rings. The van der Waals surface area contributed by atoms with Gasteiger partial charge in [-0.05, 0) is 0 Å². The number of Topliss-reactive ketones (excluding diaryl/α,β-unsaturated/α-hetero) is 2. The minimum absolute atomic E-state index is 0.0463. The van der Waals surface area contributed by atoms with Gasteiger partial charge in [-0.1, -0.05) is 20.4 Å². The summed E-state index contributed by atoms with van der Waals surface area (Å²) in [5.41, 5.74) is 0.155. The number of hydrogen-bond donors (Lipinski definition) is 1. The van der Waals surface area contributed by atoms with Gasteiger partial charge in [0.15, 0.2) is 11.6 Å². The summed E-state index contributed by atoms with van der Waals surface area (Å²) in [6.07, 6.45) is 1.01. The summed E-state index contributed by atoms with van der Waals surface area (Å²) < 4.78 is 0. The van der Waals surface area contributed by atoms with Crippen molar-refractivity contribution in [1.29, 1.82) is 0 Å². The van der Waals surface area contributed by atoms with Crippen LogP contribution >= 0.6 is 0 Å². The fourth-order valence-corrected chi connectivity index (χ4v) is 1.84. The summed E-state index contributed by atoms with van der Waals surface area (Å²) in [4.78, 5) is 22.5. The van der Waals surface area contributed by atoms with E-state index in [0.717, 1.165) is 13.1 Å². The Hall–Kier alpha value is -0.428. The highest BCUT2D eigenvalue weighted by Crippen LogP contribution is 2.37. The van der Waals surface area contributed by atoms with Crippen LogP contribution in [0.3, 0.4) is 0 Å². The fraction of sp³-hybridized carbons (Fsp3) is 0.667. The van der Waals surface area contributed by atoms with Crippen LogP contribution in [-0.4, -0.2) is 40.9 Å². The van der Waals surface area contributed by atoms with Gasteiger partial charge in [-0.3, -0.25) is 9.59 Å². The molecule has 0 aromatic heterocycles. The van der Waals surface area contributed by atoms with Crippen LogP contribution in [0.1, 0.15) is 26.7 Å². The van der Waals surface area contributed by atoms with Crippen molar-refractivity contribution in [3.63, 3.8) is 0 Å². The predicted octanol–water partition coefficient (Wildman–Crippen LogP) is 1.29. The second-order valence-electron chi connectivity index (χ2n) is 3.78. The smallest absolute Gasteiger partial charge is 0.166 e. The van der Waals surface area contributed by atoms with Gasteiger partial charge in [-0.2, -0.15) is 0 Å². The first kappa shape index (κ1) is 15.6. The van der Waals surface area contributed by atoms with E-state index in [-0.39, 0.29) is 22.6 Å². The SMILES string of the molecule is C=C1C(=O)CC2(CNC2)CC1=O.CC.[CH3][Al]. The molecule has 0 aromatic rings. The third-order valence-corrected chi connectivity index (χ3v) is 2.74. The highest BCUT2D eigenvalue weighted by Gasteiger charge is 2.45. The van der Waals surface area contributed by atoms with Gasteiger partial charge in [0.25, 0.3) is 0 Å². The molecule has 1 saturated carbocycles. The summed E-state index contributed by atoms with van der Waals surface area (Å²) in [6, 6.07) is 0. The summed E-state index contributed by atoms with van der Waals surface area (Å²) in [6.45, 7) is 9.09. The van der Waals surface area contributed by atoms with Crippen molar-refractivity contribution < 1.29 is 9.59 Å². The molecular formula is C12H20AlNO2. The molecule has 1 aliphatic carbocycles. The van der Waals surface area contributed by atoms with Crippen LogP contribution in [-0.2, 0) is 9.59 Å². The number of hydrogen-bond acceptors (Lipinski definition) is 3. The number of carbonyl (C=O) groups excluding carboxylic acids is 2. The van der Waals surface area contributed by atoms with Crippen LogP contribution in [0.2, 0.25) is 5.79 Å². The summed E-state index contributed by atoms with van der Waals surface area (Å²) >= 11 is 2.42. The van der Waals surface area contributed by atoms with Crippen molar-refractivity contribution >= 4 is 27.9 Å². The lowest BCUT2D eigenvalue weighted by molar-refractivity contribution is -0.129. The molecule has 1 aliphatic heterocycles. The maximum Gasteiger partial charge on any atom is 0.166 e. The summed E-state index contributed by atoms with van der Waals surface area (Å²) in [7, 11) is 0. The molecule has 2 radical (unpaired) electrons. The average Bonchev–Trinajstić information content (AvgIpc) is 2.28. The largest absolute Gasteiger partial charge is 0.315 e. The molecule has 0 bridgehead atoms. The second-order valence-corrected chi connectivity index (χ2v) is 3.78. The first-order valence-electron chi connectivity index (χ1n) is 5.67. The van der Waals surface area contributed by atoms with Gasteiger partial charge in [0.2, 0.25) is 0 Å². The lowest BCUT2D eigenvalue weighted by atomic mass is 9.68. The lowest BCUT2D eigenvalue weighted by Crippen LogP contribution is -2.57. The van der Waals surface area contributed by atoms with Gasteiger partial charge in [-0.15, -0.1) is 5.79 Å². The van der Waals surface area contributed by atoms with Gasteiger partial charge in [0.1, 0.15) is 16.3 Å². The molecule has 16 heavy (non-hydrogen) atoms. The molecule has 1 spiro atoms. The lowest BCUT2D eigenvalue weighted by Gasteiger charge is -2.44. The number of rotatable bonds is 0. The second kappa shape index (κ2) is 7.01. The third kappa shape index (κ3) is 3.28. The van der Waals surface area contributed by atoms with Crippen LogP contribution < -0.4 is 5.32 Å². The van der Waals surface area contributed by atoms with Crippen molar-refractivity contribution in [2.24, 2.45) is 5.41 Å². The normalized spacial score (nSPS) is 21.3. The van der Waals surface area contributed by atoms with Crippen molar-refractivity contribution in [3.8, 4) is 0 Å². The zero-order chi connectivity index (χ0) is 12.8. The van der Waals surface area contributed by atoms with Crippen LogP contribution in [0, 0.1) is 5.41 Å². The zero-order valence-electron chi connectivity index (χ0n) is 10.4. The Morgan fingerprint density at radius 2 is 1.50 bits per heavy atom. The molecular weight excluding hydrogens is 217 g/mol. The Kier molecular flexibility index (Phi) is 6.82. The van der Waals surface area contributed by atoms with E-state index in [1.807, 2.05) is 19.6 Å². The molecule has 0 aromatic carbocycles. The van der Waals surface area contributed by atoms with E-state index >= 15 is 0 Å². The van der Waals surface area contributed by atoms with Crippen molar-refractivity contribution in [3.05, 3.63) is 12.2 Å². The topological polar surface area (TPSA) is 46.2 Å². The zero-order valence-corrected chi connectivity index (χ0v) is 11.6. The molecule has 2 rings (SSSR count). The number of ketones is 2. The maximum absolute atomic E-state index is 11.3.